The number of nitriles is 1. The molecule has 1 atom stereocenters. The Morgan fingerprint density at radius 3 is 3.05 bits per heavy atom. The van der Waals surface area contributed by atoms with Gasteiger partial charge in [-0.05, 0) is 6.07 Å². The maximum atomic E-state index is 11.1. The third-order valence-corrected chi connectivity index (χ3v) is 3.20. The zero-order valence-corrected chi connectivity index (χ0v) is 10.8. The van der Waals surface area contributed by atoms with E-state index in [1.54, 1.807) is 0 Å². The second-order valence-electron chi connectivity index (χ2n) is 4.51. The molecule has 3 rings (SSSR count). The van der Waals surface area contributed by atoms with Crippen LogP contribution in [0.1, 0.15) is 17.2 Å². The van der Waals surface area contributed by atoms with E-state index in [0.29, 0.717) is 6.61 Å². The molecule has 0 aliphatic carbocycles. The van der Waals surface area contributed by atoms with Gasteiger partial charge in [0.15, 0.2) is 0 Å². The predicted molar refractivity (Wildman–Crippen MR) is 73.9 cm³/mol. The van der Waals surface area contributed by atoms with Crippen molar-refractivity contribution in [3.63, 3.8) is 0 Å². The highest BCUT2D eigenvalue weighted by molar-refractivity contribution is 5.60. The summed E-state index contributed by atoms with van der Waals surface area (Å²) in [4.78, 5) is 14.5. The number of nitro groups is 1. The Labute approximate surface area is 120 Å². The Morgan fingerprint density at radius 1 is 1.48 bits per heavy atom. The van der Waals surface area contributed by atoms with Crippen molar-refractivity contribution in [1.29, 1.82) is 5.26 Å². The molecular formula is C14H10N4O3. The Balaban J connectivity index is 1.93. The highest BCUT2D eigenvalue weighted by Crippen LogP contribution is 2.35. The molecule has 2 heterocycles. The van der Waals surface area contributed by atoms with Crippen LogP contribution in [0.4, 0.5) is 11.5 Å². The van der Waals surface area contributed by atoms with Gasteiger partial charge in [0.25, 0.3) is 0 Å². The van der Waals surface area contributed by atoms with Crippen molar-refractivity contribution in [2.24, 2.45) is 0 Å². The number of hydrogen-bond acceptors (Lipinski definition) is 6. The first-order valence-corrected chi connectivity index (χ1v) is 6.22. The van der Waals surface area contributed by atoms with Crippen LogP contribution in [0.2, 0.25) is 0 Å². The molecule has 0 amide bonds. The van der Waals surface area contributed by atoms with Crippen LogP contribution < -0.4 is 10.1 Å². The van der Waals surface area contributed by atoms with E-state index < -0.39 is 4.92 Å². The summed E-state index contributed by atoms with van der Waals surface area (Å²) in [5.41, 5.74) is 0.853. The van der Waals surface area contributed by atoms with Crippen LogP contribution in [-0.4, -0.2) is 16.5 Å². The molecule has 1 N–H and O–H groups in total. The zero-order chi connectivity index (χ0) is 14.8. The molecule has 0 bridgehead atoms. The van der Waals surface area contributed by atoms with Crippen molar-refractivity contribution in [2.75, 3.05) is 11.9 Å². The highest BCUT2D eigenvalue weighted by atomic mass is 16.6. The first kappa shape index (κ1) is 12.9. The molecule has 1 unspecified atom stereocenters. The second-order valence-corrected chi connectivity index (χ2v) is 4.51. The van der Waals surface area contributed by atoms with E-state index in [1.165, 1.54) is 12.3 Å². The fourth-order valence-corrected chi connectivity index (χ4v) is 2.21. The standard InChI is InChI=1S/C14H10N4O3/c15-6-9-5-12(18(19)20)14(16-7-9)17-11-8-21-13-4-2-1-3-10(11)13/h1-5,7,11H,8H2,(H,16,17). The number of pyridine rings is 1. The molecule has 104 valence electrons. The summed E-state index contributed by atoms with van der Waals surface area (Å²) < 4.78 is 5.52. The lowest BCUT2D eigenvalue weighted by molar-refractivity contribution is -0.384. The molecule has 1 aromatic carbocycles. The first-order chi connectivity index (χ1) is 10.2. The summed E-state index contributed by atoms with van der Waals surface area (Å²) in [5.74, 6) is 0.885. The summed E-state index contributed by atoms with van der Waals surface area (Å²) >= 11 is 0. The fraction of sp³-hybridized carbons (Fsp3) is 0.143. The van der Waals surface area contributed by atoms with Crippen molar-refractivity contribution in [2.45, 2.75) is 6.04 Å². The monoisotopic (exact) mass is 282 g/mol. The van der Waals surface area contributed by atoms with Crippen LogP contribution in [0.5, 0.6) is 5.75 Å². The molecule has 1 aromatic heterocycles. The maximum absolute atomic E-state index is 11.1. The van der Waals surface area contributed by atoms with Gasteiger partial charge in [-0.2, -0.15) is 5.26 Å². The predicted octanol–water partition coefficient (Wildman–Crippen LogP) is 2.41. The molecule has 0 saturated heterocycles. The first-order valence-electron chi connectivity index (χ1n) is 6.22. The van der Waals surface area contributed by atoms with Crippen LogP contribution >= 0.6 is 0 Å². The van der Waals surface area contributed by atoms with Crippen LogP contribution in [0.15, 0.2) is 36.5 Å². The lowest BCUT2D eigenvalue weighted by Gasteiger charge is -2.12. The third-order valence-electron chi connectivity index (χ3n) is 3.20. The Hall–Kier alpha value is -3.14. The topological polar surface area (TPSA) is 101 Å². The Kier molecular flexibility index (Phi) is 3.12. The quantitative estimate of drug-likeness (QED) is 0.685. The molecule has 0 spiro atoms. The van der Waals surface area contributed by atoms with E-state index in [9.17, 15) is 10.1 Å². The van der Waals surface area contributed by atoms with Gasteiger partial charge in [0.1, 0.15) is 18.4 Å². The Morgan fingerprint density at radius 2 is 2.29 bits per heavy atom. The number of para-hydroxylation sites is 1. The van der Waals surface area contributed by atoms with Gasteiger partial charge in [0.05, 0.1) is 16.5 Å². The molecule has 7 heteroatoms. The number of rotatable bonds is 3. The van der Waals surface area contributed by atoms with E-state index in [-0.39, 0.29) is 23.1 Å². The number of nitrogens with one attached hydrogen (secondary N) is 1. The van der Waals surface area contributed by atoms with Crippen molar-refractivity contribution in [1.82, 2.24) is 4.98 Å². The van der Waals surface area contributed by atoms with Crippen LogP contribution in [0.25, 0.3) is 0 Å². The van der Waals surface area contributed by atoms with Gasteiger partial charge < -0.3 is 10.1 Å². The second kappa shape index (κ2) is 5.09. The molecule has 1 aliphatic heterocycles. The minimum Gasteiger partial charge on any atom is -0.491 e. The van der Waals surface area contributed by atoms with Crippen molar-refractivity contribution < 1.29 is 9.66 Å². The maximum Gasteiger partial charge on any atom is 0.312 e. The van der Waals surface area contributed by atoms with Crippen LogP contribution in [0.3, 0.4) is 0 Å². The molecule has 7 nitrogen and oxygen atoms in total. The average Bonchev–Trinajstić information content (AvgIpc) is 2.91. The molecule has 0 saturated carbocycles. The zero-order valence-electron chi connectivity index (χ0n) is 10.8. The summed E-state index contributed by atoms with van der Waals surface area (Å²) in [6.45, 7) is 0.373. The summed E-state index contributed by atoms with van der Waals surface area (Å²) in [7, 11) is 0. The van der Waals surface area contributed by atoms with E-state index in [4.69, 9.17) is 10.00 Å². The summed E-state index contributed by atoms with van der Waals surface area (Å²) in [6, 6.07) is 10.3. The van der Waals surface area contributed by atoms with Crippen molar-refractivity contribution in [3.8, 4) is 11.8 Å². The van der Waals surface area contributed by atoms with Gasteiger partial charge in [-0.25, -0.2) is 4.98 Å². The summed E-state index contributed by atoms with van der Waals surface area (Å²) in [5, 5.41) is 22.9. The van der Waals surface area contributed by atoms with E-state index in [1.807, 2.05) is 30.3 Å². The largest absolute Gasteiger partial charge is 0.491 e. The van der Waals surface area contributed by atoms with Gasteiger partial charge in [0.2, 0.25) is 5.82 Å². The number of aromatic nitrogens is 1. The number of hydrogen-bond donors (Lipinski definition) is 1. The normalized spacial score (nSPS) is 15.7. The van der Waals surface area contributed by atoms with Gasteiger partial charge in [-0.15, -0.1) is 0 Å². The van der Waals surface area contributed by atoms with Crippen LogP contribution in [-0.2, 0) is 0 Å². The molecule has 21 heavy (non-hydrogen) atoms. The van der Waals surface area contributed by atoms with Gasteiger partial charge >= 0.3 is 5.69 Å². The number of anilines is 1. The smallest absolute Gasteiger partial charge is 0.312 e. The van der Waals surface area contributed by atoms with Gasteiger partial charge in [-0.3, -0.25) is 10.1 Å². The number of ether oxygens (including phenoxy) is 1. The molecular weight excluding hydrogens is 272 g/mol. The summed E-state index contributed by atoms with van der Waals surface area (Å²) in [6.07, 6.45) is 1.30. The van der Waals surface area contributed by atoms with E-state index in [2.05, 4.69) is 10.3 Å². The highest BCUT2D eigenvalue weighted by Gasteiger charge is 2.26. The van der Waals surface area contributed by atoms with E-state index in [0.717, 1.165) is 11.3 Å². The molecule has 0 radical (unpaired) electrons. The van der Waals surface area contributed by atoms with Gasteiger partial charge in [0, 0.05) is 17.8 Å². The SMILES string of the molecule is N#Cc1cnc(NC2COc3ccccc32)c([N+](=O)[O-])c1. The third kappa shape index (κ3) is 2.34. The lowest BCUT2D eigenvalue weighted by Crippen LogP contribution is -2.14. The average molecular weight is 282 g/mol. The minimum atomic E-state index is -0.558. The lowest BCUT2D eigenvalue weighted by atomic mass is 10.1. The molecule has 1 aliphatic rings. The van der Waals surface area contributed by atoms with Crippen molar-refractivity contribution >= 4 is 11.5 Å². The molecule has 2 aromatic rings. The van der Waals surface area contributed by atoms with Gasteiger partial charge in [-0.1, -0.05) is 18.2 Å². The minimum absolute atomic E-state index is 0.129. The number of nitrogens with zero attached hydrogens (tertiary/aromatic N) is 3. The fourth-order valence-electron chi connectivity index (χ4n) is 2.21. The Bertz CT molecular complexity index is 754. The number of benzene rings is 1. The van der Waals surface area contributed by atoms with Crippen LogP contribution in [0, 0.1) is 21.4 Å². The van der Waals surface area contributed by atoms with Crippen molar-refractivity contribution in [3.05, 3.63) is 57.8 Å². The molecule has 0 fully saturated rings. The number of fused-ring (bicyclic) bond motifs is 1. The van der Waals surface area contributed by atoms with E-state index >= 15 is 0 Å².